The third-order valence-corrected chi connectivity index (χ3v) is 6.79. The zero-order chi connectivity index (χ0) is 26.8. The monoisotopic (exact) mass is 513 g/mol. The van der Waals surface area contributed by atoms with Crippen molar-refractivity contribution in [3.63, 3.8) is 0 Å². The highest BCUT2D eigenvalue weighted by atomic mass is 16.1. The number of rotatable bonds is 6. The molecule has 8 nitrogen and oxygen atoms in total. The summed E-state index contributed by atoms with van der Waals surface area (Å²) in [5, 5.41) is 2.93. The predicted molar refractivity (Wildman–Crippen MR) is 153 cm³/mol. The number of carbonyl (C=O) groups is 1. The number of pyridine rings is 2. The number of anilines is 1. The van der Waals surface area contributed by atoms with Gasteiger partial charge in [0, 0.05) is 37.1 Å². The van der Waals surface area contributed by atoms with Crippen LogP contribution < -0.4 is 11.1 Å². The Bertz CT molecular complexity index is 1710. The summed E-state index contributed by atoms with van der Waals surface area (Å²) in [6.45, 7) is 4.08. The quantitative estimate of drug-likeness (QED) is 0.332. The van der Waals surface area contributed by atoms with E-state index in [-0.39, 0.29) is 11.9 Å². The Kier molecular flexibility index (Phi) is 6.49. The molecule has 0 unspecified atom stereocenters. The molecule has 6 rings (SSSR count). The highest BCUT2D eigenvalue weighted by Crippen LogP contribution is 2.32. The van der Waals surface area contributed by atoms with Crippen LogP contribution in [0.5, 0.6) is 0 Å². The van der Waals surface area contributed by atoms with Gasteiger partial charge in [-0.05, 0) is 54.8 Å². The van der Waals surface area contributed by atoms with Gasteiger partial charge in [0.1, 0.15) is 11.3 Å². The zero-order valence-corrected chi connectivity index (χ0v) is 21.5. The maximum Gasteiger partial charge on any atom is 0.296 e. The third kappa shape index (κ3) is 4.96. The Labute approximate surface area is 226 Å². The number of nitrogen functional groups attached to an aromatic ring is 1. The van der Waals surface area contributed by atoms with Gasteiger partial charge in [-0.25, -0.2) is 15.0 Å². The van der Waals surface area contributed by atoms with E-state index in [2.05, 4.69) is 51.3 Å². The molecule has 1 aliphatic heterocycles. The van der Waals surface area contributed by atoms with Crippen LogP contribution in [0, 0.1) is 11.8 Å². The van der Waals surface area contributed by atoms with Gasteiger partial charge in [0.2, 0.25) is 0 Å². The molecule has 0 atom stereocenters. The molecule has 0 bridgehead atoms. The number of likely N-dealkylation sites (tertiary alicyclic amines) is 1. The molecular formula is C31H27N7O. The third-order valence-electron chi connectivity index (χ3n) is 6.79. The van der Waals surface area contributed by atoms with Crippen LogP contribution in [0.25, 0.3) is 39.5 Å². The minimum absolute atomic E-state index is 0.146. The van der Waals surface area contributed by atoms with E-state index in [9.17, 15) is 4.79 Å². The van der Waals surface area contributed by atoms with Gasteiger partial charge >= 0.3 is 0 Å². The molecule has 8 heteroatoms. The Morgan fingerprint density at radius 2 is 1.79 bits per heavy atom. The van der Waals surface area contributed by atoms with Crippen LogP contribution in [0.3, 0.4) is 0 Å². The van der Waals surface area contributed by atoms with Crippen molar-refractivity contribution in [2.75, 3.05) is 18.8 Å². The van der Waals surface area contributed by atoms with Crippen molar-refractivity contribution in [2.24, 2.45) is 0 Å². The van der Waals surface area contributed by atoms with Crippen LogP contribution in [0.1, 0.15) is 12.5 Å². The molecule has 192 valence electrons. The SMILES string of the molecule is CC#CC(=O)NC1CN(Cc2ccc(-n3c(-c4cccnc4N)nc4ccc(-c5ccccc5)nc43)cc2)C1. The summed E-state index contributed by atoms with van der Waals surface area (Å²) >= 11 is 0. The topological polar surface area (TPSA) is 102 Å². The van der Waals surface area contributed by atoms with Crippen LogP contribution in [0.2, 0.25) is 0 Å². The summed E-state index contributed by atoms with van der Waals surface area (Å²) in [4.78, 5) is 28.2. The highest BCUT2D eigenvalue weighted by Gasteiger charge is 2.27. The van der Waals surface area contributed by atoms with Crippen molar-refractivity contribution < 1.29 is 4.79 Å². The number of carbonyl (C=O) groups excluding carboxylic acids is 1. The van der Waals surface area contributed by atoms with E-state index >= 15 is 0 Å². The Balaban J connectivity index is 1.32. The van der Waals surface area contributed by atoms with E-state index in [1.807, 2.05) is 59.2 Å². The molecule has 0 aliphatic carbocycles. The molecule has 4 heterocycles. The number of nitrogens with one attached hydrogen (secondary N) is 1. The van der Waals surface area contributed by atoms with Crippen molar-refractivity contribution in [1.29, 1.82) is 0 Å². The molecule has 3 aromatic heterocycles. The van der Waals surface area contributed by atoms with Crippen LogP contribution in [-0.2, 0) is 11.3 Å². The Morgan fingerprint density at radius 1 is 1.00 bits per heavy atom. The smallest absolute Gasteiger partial charge is 0.296 e. The second-order valence-corrected chi connectivity index (χ2v) is 9.52. The largest absolute Gasteiger partial charge is 0.383 e. The van der Waals surface area contributed by atoms with Gasteiger partial charge in [-0.1, -0.05) is 48.4 Å². The first-order chi connectivity index (χ1) is 19.1. The first-order valence-electron chi connectivity index (χ1n) is 12.8. The van der Waals surface area contributed by atoms with E-state index in [4.69, 9.17) is 15.7 Å². The maximum absolute atomic E-state index is 11.7. The number of benzene rings is 2. The van der Waals surface area contributed by atoms with E-state index in [1.54, 1.807) is 13.1 Å². The fraction of sp³-hybridized carbons (Fsp3) is 0.161. The van der Waals surface area contributed by atoms with Gasteiger partial charge in [-0.2, -0.15) is 0 Å². The lowest BCUT2D eigenvalue weighted by Gasteiger charge is -2.39. The summed E-state index contributed by atoms with van der Waals surface area (Å²) in [7, 11) is 0. The number of aromatic nitrogens is 4. The molecule has 39 heavy (non-hydrogen) atoms. The van der Waals surface area contributed by atoms with Crippen molar-refractivity contribution >= 4 is 22.9 Å². The van der Waals surface area contributed by atoms with E-state index in [0.29, 0.717) is 11.6 Å². The lowest BCUT2D eigenvalue weighted by Crippen LogP contribution is -2.58. The standard InChI is InChI=1S/C31H27N7O/c1-2-7-28(39)34-23-19-37(20-23)18-21-11-13-24(14-12-21)38-30(25-10-6-17-33-29(25)32)36-27-16-15-26(35-31(27)38)22-8-4-3-5-9-22/h3-6,8-17,23H,18-20H2,1H3,(H2,32,33)(H,34,39). The number of nitrogens with zero attached hydrogens (tertiary/aromatic N) is 5. The number of imidazole rings is 1. The molecule has 0 radical (unpaired) electrons. The highest BCUT2D eigenvalue weighted by molar-refractivity contribution is 5.93. The molecule has 1 saturated heterocycles. The average molecular weight is 514 g/mol. The lowest BCUT2D eigenvalue weighted by atomic mass is 10.1. The van der Waals surface area contributed by atoms with Crippen molar-refractivity contribution in [3.05, 3.63) is 90.6 Å². The summed E-state index contributed by atoms with van der Waals surface area (Å²) in [5.74, 6) is 6.06. The first kappa shape index (κ1) is 24.3. The maximum atomic E-state index is 11.7. The van der Waals surface area contributed by atoms with Crippen LogP contribution in [0.4, 0.5) is 5.82 Å². The van der Waals surface area contributed by atoms with Gasteiger partial charge in [-0.3, -0.25) is 14.3 Å². The molecule has 5 aromatic rings. The molecule has 0 spiro atoms. The minimum atomic E-state index is -0.215. The van der Waals surface area contributed by atoms with Crippen LogP contribution in [0.15, 0.2) is 85.1 Å². The second kappa shape index (κ2) is 10.4. The van der Waals surface area contributed by atoms with Crippen LogP contribution >= 0.6 is 0 Å². The van der Waals surface area contributed by atoms with Crippen molar-refractivity contribution in [2.45, 2.75) is 19.5 Å². The van der Waals surface area contributed by atoms with Gasteiger partial charge in [0.05, 0.1) is 17.3 Å². The summed E-state index contributed by atoms with van der Waals surface area (Å²) in [5.41, 5.74) is 12.6. The summed E-state index contributed by atoms with van der Waals surface area (Å²) in [6.07, 6.45) is 1.68. The first-order valence-corrected chi connectivity index (χ1v) is 12.8. The minimum Gasteiger partial charge on any atom is -0.383 e. The normalized spacial score (nSPS) is 13.5. The number of hydrogen-bond acceptors (Lipinski definition) is 6. The average Bonchev–Trinajstić information content (AvgIpc) is 3.31. The predicted octanol–water partition coefficient (Wildman–Crippen LogP) is 4.06. The Hall–Kier alpha value is -5.00. The fourth-order valence-electron chi connectivity index (χ4n) is 4.89. The number of amides is 1. The van der Waals surface area contributed by atoms with E-state index < -0.39 is 0 Å². The molecule has 0 saturated carbocycles. The Morgan fingerprint density at radius 3 is 2.54 bits per heavy atom. The van der Waals surface area contributed by atoms with Crippen molar-refractivity contribution in [3.8, 4) is 40.2 Å². The summed E-state index contributed by atoms with van der Waals surface area (Å²) in [6, 6.07) is 26.4. The molecule has 1 aliphatic rings. The zero-order valence-electron chi connectivity index (χ0n) is 21.5. The lowest BCUT2D eigenvalue weighted by molar-refractivity contribution is -0.117. The second-order valence-electron chi connectivity index (χ2n) is 9.52. The van der Waals surface area contributed by atoms with Gasteiger partial charge in [-0.15, -0.1) is 0 Å². The fourth-order valence-corrected chi connectivity index (χ4v) is 4.89. The number of hydrogen-bond donors (Lipinski definition) is 2. The van der Waals surface area contributed by atoms with E-state index in [0.717, 1.165) is 53.3 Å². The molecular weight excluding hydrogens is 486 g/mol. The molecule has 3 N–H and O–H groups in total. The van der Waals surface area contributed by atoms with Gasteiger partial charge in [0.25, 0.3) is 5.91 Å². The van der Waals surface area contributed by atoms with Gasteiger partial charge in [0.15, 0.2) is 11.5 Å². The number of nitrogens with two attached hydrogens (primary N) is 1. The molecule has 1 fully saturated rings. The molecule has 1 amide bonds. The summed E-state index contributed by atoms with van der Waals surface area (Å²) < 4.78 is 2.04. The number of fused-ring (bicyclic) bond motifs is 1. The van der Waals surface area contributed by atoms with E-state index in [1.165, 1.54) is 5.56 Å². The molecule has 2 aromatic carbocycles. The van der Waals surface area contributed by atoms with Gasteiger partial charge < -0.3 is 11.1 Å². The van der Waals surface area contributed by atoms with Crippen LogP contribution in [-0.4, -0.2) is 49.5 Å². The van der Waals surface area contributed by atoms with Crippen molar-refractivity contribution in [1.82, 2.24) is 29.7 Å².